The third kappa shape index (κ3) is 4.25. The summed E-state index contributed by atoms with van der Waals surface area (Å²) in [5.41, 5.74) is 1.25. The summed E-state index contributed by atoms with van der Waals surface area (Å²) in [6.07, 6.45) is 0.0105. The van der Waals surface area contributed by atoms with Gasteiger partial charge in [0.1, 0.15) is 5.82 Å². The van der Waals surface area contributed by atoms with Gasteiger partial charge < -0.3 is 14.7 Å². The Labute approximate surface area is 173 Å². The first kappa shape index (κ1) is 21.2. The van der Waals surface area contributed by atoms with Gasteiger partial charge in [0.05, 0.1) is 25.1 Å². The lowest BCUT2D eigenvalue weighted by Crippen LogP contribution is -2.35. The molecule has 30 heavy (non-hydrogen) atoms. The van der Waals surface area contributed by atoms with Gasteiger partial charge in [-0.1, -0.05) is 42.5 Å². The Bertz CT molecular complexity index is 984. The highest BCUT2D eigenvalue weighted by molar-refractivity contribution is 6.08. The van der Waals surface area contributed by atoms with Crippen molar-refractivity contribution in [1.29, 1.82) is 0 Å². The zero-order chi connectivity index (χ0) is 21.8. The molecule has 3 rings (SSSR count). The molecule has 1 aliphatic heterocycles. The van der Waals surface area contributed by atoms with Crippen molar-refractivity contribution in [3.8, 4) is 0 Å². The third-order valence-electron chi connectivity index (χ3n) is 5.20. The molecular formula is C23H22FNO5. The number of methoxy groups -OCH3 is 1. The first-order chi connectivity index (χ1) is 14.3. The number of nitrogens with zero attached hydrogens (tertiary/aromatic N) is 1. The molecule has 0 bridgehead atoms. The average Bonchev–Trinajstić information content (AvgIpc) is 2.99. The van der Waals surface area contributed by atoms with Crippen LogP contribution in [0.25, 0.3) is 0 Å². The molecule has 0 saturated heterocycles. The van der Waals surface area contributed by atoms with Crippen molar-refractivity contribution in [3.63, 3.8) is 0 Å². The van der Waals surface area contributed by atoms with Gasteiger partial charge in [0.15, 0.2) is 11.5 Å². The zero-order valence-electron chi connectivity index (χ0n) is 16.7. The van der Waals surface area contributed by atoms with Crippen LogP contribution in [-0.2, 0) is 19.1 Å². The Morgan fingerprint density at radius 1 is 1.13 bits per heavy atom. The molecule has 0 aliphatic carbocycles. The Hall–Kier alpha value is -3.48. The Morgan fingerprint density at radius 3 is 2.33 bits per heavy atom. The number of benzene rings is 2. The molecule has 2 atom stereocenters. The second kappa shape index (κ2) is 8.90. The van der Waals surface area contributed by atoms with Gasteiger partial charge in [0, 0.05) is 12.5 Å². The minimum Gasteiger partial charge on any atom is -0.503 e. The summed E-state index contributed by atoms with van der Waals surface area (Å²) in [6, 6.07) is 13.7. The molecule has 7 heteroatoms. The number of ketones is 1. The molecule has 2 aromatic carbocycles. The van der Waals surface area contributed by atoms with Gasteiger partial charge in [-0.3, -0.25) is 14.4 Å². The summed E-state index contributed by atoms with van der Waals surface area (Å²) in [5.74, 6) is -3.12. The molecule has 2 unspecified atom stereocenters. The number of halogens is 1. The van der Waals surface area contributed by atoms with Gasteiger partial charge in [-0.2, -0.15) is 0 Å². The molecule has 0 aromatic heterocycles. The number of rotatable bonds is 7. The summed E-state index contributed by atoms with van der Waals surface area (Å²) in [6.45, 7) is 1.32. The maximum Gasteiger partial charge on any atom is 0.306 e. The predicted octanol–water partition coefficient (Wildman–Crippen LogP) is 3.46. The summed E-state index contributed by atoms with van der Waals surface area (Å²) in [7, 11) is 1.29. The van der Waals surface area contributed by atoms with Crippen LogP contribution in [0.3, 0.4) is 0 Å². The van der Waals surface area contributed by atoms with E-state index in [1.54, 1.807) is 0 Å². The number of amides is 1. The molecule has 1 amide bonds. The molecule has 1 heterocycles. The van der Waals surface area contributed by atoms with E-state index in [-0.39, 0.29) is 18.5 Å². The highest BCUT2D eigenvalue weighted by Crippen LogP contribution is 2.39. The van der Waals surface area contributed by atoms with Crippen LogP contribution in [0.1, 0.15) is 36.4 Å². The van der Waals surface area contributed by atoms with Crippen LogP contribution in [0, 0.1) is 5.82 Å². The second-order valence-electron chi connectivity index (χ2n) is 7.12. The molecule has 6 nitrogen and oxygen atoms in total. The summed E-state index contributed by atoms with van der Waals surface area (Å²) in [5, 5.41) is 10.4. The Kier molecular flexibility index (Phi) is 6.30. The van der Waals surface area contributed by atoms with Crippen LogP contribution >= 0.6 is 0 Å². The fourth-order valence-electron chi connectivity index (χ4n) is 3.73. The van der Waals surface area contributed by atoms with Crippen LogP contribution in [-0.4, -0.2) is 41.3 Å². The summed E-state index contributed by atoms with van der Waals surface area (Å²) in [4.78, 5) is 38.4. The van der Waals surface area contributed by atoms with E-state index < -0.39 is 41.2 Å². The number of Topliss-reactive ketones (excluding diaryl/α,β-unsaturated/α-hetero) is 1. The van der Waals surface area contributed by atoms with E-state index in [2.05, 4.69) is 0 Å². The second-order valence-corrected chi connectivity index (χ2v) is 7.12. The fraction of sp³-hybridized carbons (Fsp3) is 0.261. The van der Waals surface area contributed by atoms with Crippen molar-refractivity contribution in [2.75, 3.05) is 13.7 Å². The third-order valence-corrected chi connectivity index (χ3v) is 5.20. The topological polar surface area (TPSA) is 83.9 Å². The number of carbonyl (C=O) groups excluding carboxylic acids is 3. The highest BCUT2D eigenvalue weighted by Gasteiger charge is 2.43. The largest absolute Gasteiger partial charge is 0.503 e. The first-order valence-corrected chi connectivity index (χ1v) is 9.45. The maximum absolute atomic E-state index is 13.4. The van der Waals surface area contributed by atoms with E-state index in [0.717, 1.165) is 5.56 Å². The van der Waals surface area contributed by atoms with Gasteiger partial charge in [-0.05, 0) is 30.2 Å². The van der Waals surface area contributed by atoms with Crippen molar-refractivity contribution < 1.29 is 28.6 Å². The maximum atomic E-state index is 13.4. The Morgan fingerprint density at radius 2 is 1.77 bits per heavy atom. The number of hydrogen-bond acceptors (Lipinski definition) is 5. The number of ether oxygens (including phenoxy) is 1. The minimum absolute atomic E-state index is 0.0105. The van der Waals surface area contributed by atoms with Crippen molar-refractivity contribution >= 4 is 17.7 Å². The lowest BCUT2D eigenvalue weighted by atomic mass is 9.92. The minimum atomic E-state index is -0.876. The standard InChI is InChI=1S/C23H22FNO5/c1-14(26)20-21(16-8-10-18(24)11-9-16)25(23(29)22(20)28)13-17(12-19(27)30-2)15-6-4-3-5-7-15/h3-11,17,21,28H,12-13H2,1-2H3. The number of esters is 1. The van der Waals surface area contributed by atoms with Gasteiger partial charge in [-0.25, -0.2) is 4.39 Å². The lowest BCUT2D eigenvalue weighted by molar-refractivity contribution is -0.141. The smallest absolute Gasteiger partial charge is 0.306 e. The molecule has 2 aromatic rings. The monoisotopic (exact) mass is 411 g/mol. The molecule has 0 spiro atoms. The van der Waals surface area contributed by atoms with Gasteiger partial charge in [-0.15, -0.1) is 0 Å². The SMILES string of the molecule is COC(=O)CC(CN1C(=O)C(O)=C(C(C)=O)C1c1ccc(F)cc1)c1ccccc1. The lowest BCUT2D eigenvalue weighted by Gasteiger charge is -2.30. The zero-order valence-corrected chi connectivity index (χ0v) is 16.7. The van der Waals surface area contributed by atoms with Crippen LogP contribution in [0.4, 0.5) is 4.39 Å². The van der Waals surface area contributed by atoms with Crippen molar-refractivity contribution in [2.45, 2.75) is 25.3 Å². The molecule has 0 radical (unpaired) electrons. The molecular weight excluding hydrogens is 389 g/mol. The van der Waals surface area contributed by atoms with E-state index in [9.17, 15) is 23.9 Å². The fourth-order valence-corrected chi connectivity index (χ4v) is 3.73. The van der Waals surface area contributed by atoms with E-state index in [0.29, 0.717) is 5.56 Å². The highest BCUT2D eigenvalue weighted by atomic mass is 19.1. The number of hydrogen-bond donors (Lipinski definition) is 1. The number of carbonyl (C=O) groups is 3. The van der Waals surface area contributed by atoms with Gasteiger partial charge in [0.2, 0.25) is 0 Å². The van der Waals surface area contributed by atoms with Crippen molar-refractivity contribution in [2.24, 2.45) is 0 Å². The summed E-state index contributed by atoms with van der Waals surface area (Å²) < 4.78 is 18.2. The van der Waals surface area contributed by atoms with Crippen LogP contribution in [0.15, 0.2) is 65.9 Å². The van der Waals surface area contributed by atoms with Crippen LogP contribution in [0.5, 0.6) is 0 Å². The van der Waals surface area contributed by atoms with Crippen LogP contribution < -0.4 is 0 Å². The van der Waals surface area contributed by atoms with Gasteiger partial charge in [0.25, 0.3) is 5.91 Å². The normalized spacial score (nSPS) is 17.2. The quantitative estimate of drug-likeness (QED) is 0.706. The molecule has 1 N–H and O–H groups in total. The Balaban J connectivity index is 2.02. The first-order valence-electron chi connectivity index (χ1n) is 9.45. The van der Waals surface area contributed by atoms with Crippen molar-refractivity contribution in [1.82, 2.24) is 4.90 Å². The number of aliphatic hydroxyl groups is 1. The molecule has 156 valence electrons. The van der Waals surface area contributed by atoms with E-state index in [4.69, 9.17) is 4.74 Å². The van der Waals surface area contributed by atoms with Gasteiger partial charge >= 0.3 is 5.97 Å². The number of aliphatic hydroxyl groups excluding tert-OH is 1. The van der Waals surface area contributed by atoms with E-state index >= 15 is 0 Å². The van der Waals surface area contributed by atoms with E-state index in [1.807, 2.05) is 30.3 Å². The van der Waals surface area contributed by atoms with Crippen molar-refractivity contribution in [3.05, 3.63) is 82.9 Å². The molecule has 0 saturated carbocycles. The molecule has 0 fully saturated rings. The van der Waals surface area contributed by atoms with E-state index in [1.165, 1.54) is 43.2 Å². The predicted molar refractivity (Wildman–Crippen MR) is 107 cm³/mol. The van der Waals surface area contributed by atoms with Crippen LogP contribution in [0.2, 0.25) is 0 Å². The molecule has 1 aliphatic rings. The average molecular weight is 411 g/mol. The summed E-state index contributed by atoms with van der Waals surface area (Å²) >= 11 is 0.